The first-order valence-corrected chi connectivity index (χ1v) is 4.34. The first-order chi connectivity index (χ1) is 7.58. The molecule has 4 N–H and O–H groups in total. The fourth-order valence-corrected chi connectivity index (χ4v) is 0.869. The molecule has 0 aliphatic carbocycles. The summed E-state index contributed by atoms with van der Waals surface area (Å²) in [7, 11) is 0. The van der Waals surface area contributed by atoms with Crippen molar-refractivity contribution in [3.05, 3.63) is 57.2 Å². The number of hydrogen-bond acceptors (Lipinski definition) is 4. The molecule has 2 aromatic rings. The van der Waals surface area contributed by atoms with Crippen molar-refractivity contribution < 1.29 is 10.2 Å². The number of hydrogen-bond donors (Lipinski definition) is 4. The third-order valence-electron chi connectivity index (χ3n) is 1.51. The van der Waals surface area contributed by atoms with E-state index in [0.29, 0.717) is 0 Å². The van der Waals surface area contributed by atoms with E-state index in [2.05, 4.69) is 9.97 Å². The van der Waals surface area contributed by atoms with Gasteiger partial charge in [0.05, 0.1) is 0 Å². The minimum absolute atomic E-state index is 0.00579. The van der Waals surface area contributed by atoms with E-state index >= 15 is 0 Å². The van der Waals surface area contributed by atoms with E-state index in [1.165, 1.54) is 30.5 Å². The van der Waals surface area contributed by atoms with Crippen molar-refractivity contribution in [2.45, 2.75) is 0 Å². The Labute approximate surface area is 89.8 Å². The van der Waals surface area contributed by atoms with Crippen molar-refractivity contribution in [3.8, 4) is 11.6 Å². The lowest BCUT2D eigenvalue weighted by Gasteiger charge is -1.84. The molecule has 84 valence electrons. The Balaban J connectivity index is 0.000000160. The minimum Gasteiger partial charge on any atom is -0.508 e. The smallest absolute Gasteiger partial charge is 0.251 e. The van der Waals surface area contributed by atoms with Crippen LogP contribution >= 0.6 is 0 Å². The number of aromatic nitrogens is 2. The van der Waals surface area contributed by atoms with E-state index in [9.17, 15) is 9.59 Å². The summed E-state index contributed by atoms with van der Waals surface area (Å²) in [5.41, 5.74) is -0.574. The zero-order valence-corrected chi connectivity index (χ0v) is 8.18. The van der Waals surface area contributed by atoms with Gasteiger partial charge in [0.25, 0.3) is 11.1 Å². The van der Waals surface area contributed by atoms with E-state index < -0.39 is 0 Å². The standard InChI is InChI=1S/2C5H5NO2/c7-4-1-2-6-5(8)3-4;7-4-2-1-3-5(8)6-4/h2*1-3H,(H2,6,7,8). The molecule has 0 saturated heterocycles. The van der Waals surface area contributed by atoms with Crippen molar-refractivity contribution in [3.63, 3.8) is 0 Å². The first-order valence-electron chi connectivity index (χ1n) is 4.34. The summed E-state index contributed by atoms with van der Waals surface area (Å²) in [6, 6.07) is 6.73. The van der Waals surface area contributed by atoms with Crippen molar-refractivity contribution in [1.82, 2.24) is 9.97 Å². The van der Waals surface area contributed by atoms with E-state index in [1.807, 2.05) is 0 Å². The highest BCUT2D eigenvalue weighted by Gasteiger charge is 1.83. The second-order valence-corrected chi connectivity index (χ2v) is 2.81. The Morgan fingerprint density at radius 1 is 1.00 bits per heavy atom. The van der Waals surface area contributed by atoms with Crippen molar-refractivity contribution >= 4 is 0 Å². The van der Waals surface area contributed by atoms with Crippen LogP contribution in [0.4, 0.5) is 0 Å². The molecule has 0 atom stereocenters. The molecular weight excluding hydrogens is 212 g/mol. The SMILES string of the molecule is O=c1cc(O)cc[nH]1.O=c1cccc(O)[nH]1. The molecule has 16 heavy (non-hydrogen) atoms. The Morgan fingerprint density at radius 2 is 1.75 bits per heavy atom. The summed E-state index contributed by atoms with van der Waals surface area (Å²) in [4.78, 5) is 25.1. The van der Waals surface area contributed by atoms with Crippen LogP contribution in [0.3, 0.4) is 0 Å². The van der Waals surface area contributed by atoms with E-state index in [0.717, 1.165) is 6.07 Å². The Kier molecular flexibility index (Phi) is 3.90. The molecule has 0 unspecified atom stereocenters. The third-order valence-corrected chi connectivity index (χ3v) is 1.51. The molecule has 2 aromatic heterocycles. The van der Waals surface area contributed by atoms with Gasteiger partial charge in [-0.3, -0.25) is 14.6 Å². The maximum atomic E-state index is 10.3. The maximum absolute atomic E-state index is 10.3. The lowest BCUT2D eigenvalue weighted by Crippen LogP contribution is -2.00. The number of aromatic amines is 2. The number of nitrogens with one attached hydrogen (secondary N) is 2. The van der Waals surface area contributed by atoms with Gasteiger partial charge in [0.2, 0.25) is 0 Å². The molecule has 2 rings (SSSR count). The summed E-state index contributed by atoms with van der Waals surface area (Å²) in [6.07, 6.45) is 1.39. The van der Waals surface area contributed by atoms with Crippen LogP contribution in [0.25, 0.3) is 0 Å². The van der Waals surface area contributed by atoms with Gasteiger partial charge in [0.1, 0.15) is 5.75 Å². The fraction of sp³-hybridized carbons (Fsp3) is 0. The van der Waals surface area contributed by atoms with E-state index in [1.54, 1.807) is 0 Å². The van der Waals surface area contributed by atoms with Crippen LogP contribution in [0, 0.1) is 0 Å². The predicted molar refractivity (Wildman–Crippen MR) is 57.5 cm³/mol. The third kappa shape index (κ3) is 4.14. The molecule has 0 amide bonds. The molecule has 0 fully saturated rings. The molecule has 6 heteroatoms. The average Bonchev–Trinajstić information content (AvgIpc) is 2.17. The first kappa shape index (κ1) is 11.6. The highest BCUT2D eigenvalue weighted by atomic mass is 16.3. The zero-order valence-electron chi connectivity index (χ0n) is 8.18. The zero-order chi connectivity index (χ0) is 12.0. The number of aromatic hydroxyl groups is 2. The van der Waals surface area contributed by atoms with Crippen molar-refractivity contribution in [1.29, 1.82) is 0 Å². The lowest BCUT2D eigenvalue weighted by atomic mass is 10.5. The molecule has 0 bridgehead atoms. The topological polar surface area (TPSA) is 106 Å². The van der Waals surface area contributed by atoms with Crippen LogP contribution in [-0.2, 0) is 0 Å². The average molecular weight is 222 g/mol. The van der Waals surface area contributed by atoms with Gasteiger partial charge in [-0.15, -0.1) is 0 Å². The minimum atomic E-state index is -0.287. The Hall–Kier alpha value is -2.50. The number of rotatable bonds is 0. The maximum Gasteiger partial charge on any atom is 0.251 e. The van der Waals surface area contributed by atoms with Gasteiger partial charge in [0, 0.05) is 18.3 Å². The van der Waals surface area contributed by atoms with Crippen LogP contribution in [-0.4, -0.2) is 20.2 Å². The molecule has 0 spiro atoms. The highest BCUT2D eigenvalue weighted by Crippen LogP contribution is 1.97. The van der Waals surface area contributed by atoms with Crippen LogP contribution in [0.15, 0.2) is 46.1 Å². The van der Waals surface area contributed by atoms with Crippen molar-refractivity contribution in [2.75, 3.05) is 0 Å². The summed E-state index contributed by atoms with van der Waals surface area (Å²) >= 11 is 0. The van der Waals surface area contributed by atoms with Crippen molar-refractivity contribution in [2.24, 2.45) is 0 Å². The van der Waals surface area contributed by atoms with E-state index in [-0.39, 0.29) is 22.7 Å². The van der Waals surface area contributed by atoms with Gasteiger partial charge >= 0.3 is 0 Å². The summed E-state index contributed by atoms with van der Waals surface area (Å²) in [6.45, 7) is 0. The van der Waals surface area contributed by atoms with E-state index in [4.69, 9.17) is 10.2 Å². The predicted octanol–water partition coefficient (Wildman–Crippen LogP) is 0.161. The summed E-state index contributed by atoms with van der Waals surface area (Å²) in [5.74, 6) is -0.105. The lowest BCUT2D eigenvalue weighted by molar-refractivity contribution is 0.452. The monoisotopic (exact) mass is 222 g/mol. The number of pyridine rings is 2. The largest absolute Gasteiger partial charge is 0.508 e. The van der Waals surface area contributed by atoms with Gasteiger partial charge in [-0.2, -0.15) is 0 Å². The molecule has 6 nitrogen and oxygen atoms in total. The van der Waals surface area contributed by atoms with Crippen LogP contribution < -0.4 is 11.1 Å². The highest BCUT2D eigenvalue weighted by molar-refractivity contribution is 5.14. The Morgan fingerprint density at radius 3 is 2.12 bits per heavy atom. The quantitative estimate of drug-likeness (QED) is 0.509. The fourth-order valence-electron chi connectivity index (χ4n) is 0.869. The van der Waals surface area contributed by atoms with Crippen LogP contribution in [0.5, 0.6) is 11.6 Å². The normalized spacial score (nSPS) is 9.00. The Bertz CT molecular complexity index is 507. The molecule has 2 heterocycles. The molecule has 0 aromatic carbocycles. The molecule has 0 aliphatic rings. The second kappa shape index (κ2) is 5.40. The van der Waals surface area contributed by atoms with Gasteiger partial charge in [-0.05, 0) is 12.1 Å². The summed E-state index contributed by atoms with van der Waals surface area (Å²) < 4.78 is 0. The molecular formula is C10H10N2O4. The molecule has 0 saturated carbocycles. The number of H-pyrrole nitrogens is 2. The van der Waals surface area contributed by atoms with Gasteiger partial charge < -0.3 is 15.2 Å². The summed E-state index contributed by atoms with van der Waals surface area (Å²) in [5, 5.41) is 17.2. The van der Waals surface area contributed by atoms with Gasteiger partial charge in [-0.25, -0.2) is 0 Å². The van der Waals surface area contributed by atoms with Gasteiger partial charge in [-0.1, -0.05) is 6.07 Å². The van der Waals surface area contributed by atoms with Gasteiger partial charge in [0.15, 0.2) is 5.88 Å². The van der Waals surface area contributed by atoms with Crippen LogP contribution in [0.2, 0.25) is 0 Å². The molecule has 0 aliphatic heterocycles. The molecule has 0 radical (unpaired) electrons. The van der Waals surface area contributed by atoms with Crippen LogP contribution in [0.1, 0.15) is 0 Å². The second-order valence-electron chi connectivity index (χ2n) is 2.81.